The summed E-state index contributed by atoms with van der Waals surface area (Å²) in [5.41, 5.74) is 7.00. The third-order valence-corrected chi connectivity index (χ3v) is 4.83. The number of anilines is 1. The Labute approximate surface area is 147 Å². The monoisotopic (exact) mass is 362 g/mol. The molecule has 1 fully saturated rings. The summed E-state index contributed by atoms with van der Waals surface area (Å²) < 4.78 is 42.4. The van der Waals surface area contributed by atoms with Gasteiger partial charge in [0.1, 0.15) is 11.6 Å². The summed E-state index contributed by atoms with van der Waals surface area (Å²) in [6, 6.07) is 4.69. The molecule has 4 rings (SSSR count). The van der Waals surface area contributed by atoms with Gasteiger partial charge in [-0.25, -0.2) is 13.2 Å². The zero-order valence-corrected chi connectivity index (χ0v) is 14.0. The molecule has 6 nitrogen and oxygen atoms in total. The van der Waals surface area contributed by atoms with Crippen LogP contribution in [0.25, 0.3) is 5.65 Å². The molecule has 2 aromatic heterocycles. The molecule has 1 aliphatic heterocycles. The van der Waals surface area contributed by atoms with Gasteiger partial charge in [-0.2, -0.15) is 4.52 Å². The van der Waals surface area contributed by atoms with Crippen LogP contribution in [-0.2, 0) is 0 Å². The molecule has 0 saturated carbocycles. The van der Waals surface area contributed by atoms with Crippen molar-refractivity contribution in [3.63, 3.8) is 0 Å². The molecule has 136 valence electrons. The van der Waals surface area contributed by atoms with Crippen LogP contribution in [0.4, 0.5) is 19.0 Å². The highest BCUT2D eigenvalue weighted by atomic mass is 19.2. The maximum Gasteiger partial charge on any atom is 0.178 e. The van der Waals surface area contributed by atoms with Crippen molar-refractivity contribution in [2.75, 3.05) is 18.0 Å². The normalized spacial score (nSPS) is 20.7. The Balaban J connectivity index is 1.58. The summed E-state index contributed by atoms with van der Waals surface area (Å²) in [5.74, 6) is -2.03. The first-order valence-corrected chi connectivity index (χ1v) is 8.28. The molecule has 0 spiro atoms. The van der Waals surface area contributed by atoms with E-state index in [4.69, 9.17) is 5.73 Å². The van der Waals surface area contributed by atoms with Crippen molar-refractivity contribution in [3.05, 3.63) is 53.1 Å². The highest BCUT2D eigenvalue weighted by Crippen LogP contribution is 2.32. The lowest BCUT2D eigenvalue weighted by Crippen LogP contribution is -2.48. The lowest BCUT2D eigenvalue weighted by molar-refractivity contribution is 0.415. The number of aryl methyl sites for hydroxylation is 1. The summed E-state index contributed by atoms with van der Waals surface area (Å²) in [6.45, 7) is 2.79. The first-order valence-electron chi connectivity index (χ1n) is 8.28. The van der Waals surface area contributed by atoms with Gasteiger partial charge in [0.25, 0.3) is 0 Å². The molecule has 0 amide bonds. The molecule has 1 aliphatic rings. The molecule has 9 heteroatoms. The number of nitrogens with zero attached hydrogens (tertiary/aromatic N) is 5. The average molecular weight is 362 g/mol. The predicted molar refractivity (Wildman–Crippen MR) is 89.4 cm³/mol. The minimum Gasteiger partial charge on any atom is -0.354 e. The van der Waals surface area contributed by atoms with E-state index in [1.165, 1.54) is 0 Å². The van der Waals surface area contributed by atoms with Gasteiger partial charge in [-0.15, -0.1) is 15.3 Å². The number of hydrogen-bond donors (Lipinski definition) is 1. The lowest BCUT2D eigenvalue weighted by atomic mass is 9.85. The second-order valence-corrected chi connectivity index (χ2v) is 6.50. The van der Waals surface area contributed by atoms with Crippen LogP contribution in [0, 0.1) is 24.4 Å². The van der Waals surface area contributed by atoms with E-state index in [9.17, 15) is 13.2 Å². The van der Waals surface area contributed by atoms with Crippen LogP contribution < -0.4 is 10.6 Å². The first kappa shape index (κ1) is 16.8. The van der Waals surface area contributed by atoms with Crippen LogP contribution in [0.5, 0.6) is 0 Å². The smallest absolute Gasteiger partial charge is 0.178 e. The standard InChI is InChI=1S/C17H17F3N6/c1-9-22-23-16-2-3-17(24-26(9)16)25-5-4-10(15(21)8-25)11-6-13(19)14(20)7-12(11)18/h2-3,6-7,10,15H,4-5,8,21H2,1H3/t10-,15+/m1/s1. The number of halogens is 3. The lowest BCUT2D eigenvalue weighted by Gasteiger charge is -2.37. The maximum absolute atomic E-state index is 14.1. The molecule has 0 bridgehead atoms. The van der Waals surface area contributed by atoms with Gasteiger partial charge in [0, 0.05) is 31.1 Å². The molecule has 0 radical (unpaired) electrons. The number of rotatable bonds is 2. The van der Waals surface area contributed by atoms with Crippen LogP contribution in [-0.4, -0.2) is 38.9 Å². The number of aromatic nitrogens is 4. The van der Waals surface area contributed by atoms with Crippen LogP contribution in [0.3, 0.4) is 0 Å². The molecule has 1 saturated heterocycles. The number of fused-ring (bicyclic) bond motifs is 1. The van der Waals surface area contributed by atoms with E-state index in [-0.39, 0.29) is 11.5 Å². The zero-order valence-electron chi connectivity index (χ0n) is 14.0. The largest absolute Gasteiger partial charge is 0.354 e. The van der Waals surface area contributed by atoms with Crippen molar-refractivity contribution in [2.24, 2.45) is 5.73 Å². The number of hydrogen-bond acceptors (Lipinski definition) is 5. The Morgan fingerprint density at radius 1 is 1.08 bits per heavy atom. The Hall–Kier alpha value is -2.68. The fourth-order valence-electron chi connectivity index (χ4n) is 3.45. The fraction of sp³-hybridized carbons (Fsp3) is 0.353. The van der Waals surface area contributed by atoms with Crippen molar-refractivity contribution in [1.29, 1.82) is 0 Å². The first-order chi connectivity index (χ1) is 12.4. The molecule has 3 heterocycles. The Morgan fingerprint density at radius 3 is 2.62 bits per heavy atom. The van der Waals surface area contributed by atoms with Gasteiger partial charge in [-0.05, 0) is 37.1 Å². The van der Waals surface area contributed by atoms with E-state index >= 15 is 0 Å². The van der Waals surface area contributed by atoms with Gasteiger partial charge in [0.2, 0.25) is 0 Å². The molecule has 26 heavy (non-hydrogen) atoms. The fourth-order valence-corrected chi connectivity index (χ4v) is 3.45. The SMILES string of the molecule is Cc1nnc2ccc(N3CC[C@H](c4cc(F)c(F)cc4F)[C@@H](N)C3)nn12. The average Bonchev–Trinajstić information content (AvgIpc) is 2.99. The van der Waals surface area contributed by atoms with Crippen LogP contribution in [0.15, 0.2) is 24.3 Å². The quantitative estimate of drug-likeness (QED) is 0.708. The van der Waals surface area contributed by atoms with Crippen molar-refractivity contribution < 1.29 is 13.2 Å². The van der Waals surface area contributed by atoms with Gasteiger partial charge in [0.05, 0.1) is 0 Å². The number of piperidine rings is 1. The van der Waals surface area contributed by atoms with Gasteiger partial charge in [-0.1, -0.05) is 0 Å². The third-order valence-electron chi connectivity index (χ3n) is 4.83. The molecule has 3 aromatic rings. The van der Waals surface area contributed by atoms with Crippen LogP contribution in [0.1, 0.15) is 23.7 Å². The second-order valence-electron chi connectivity index (χ2n) is 6.50. The Morgan fingerprint density at radius 2 is 1.85 bits per heavy atom. The van der Waals surface area contributed by atoms with Gasteiger partial charge in [-0.3, -0.25) is 0 Å². The third kappa shape index (κ3) is 2.78. The van der Waals surface area contributed by atoms with E-state index in [2.05, 4.69) is 15.3 Å². The van der Waals surface area contributed by atoms with E-state index in [1.807, 2.05) is 17.0 Å². The predicted octanol–water partition coefficient (Wildman–Crippen LogP) is 2.17. The van der Waals surface area contributed by atoms with E-state index < -0.39 is 23.5 Å². The minimum atomic E-state index is -1.20. The van der Waals surface area contributed by atoms with E-state index in [0.29, 0.717) is 42.9 Å². The van der Waals surface area contributed by atoms with E-state index in [1.54, 1.807) is 11.4 Å². The van der Waals surface area contributed by atoms with Crippen LogP contribution >= 0.6 is 0 Å². The number of nitrogens with two attached hydrogens (primary N) is 1. The summed E-state index contributed by atoms with van der Waals surface area (Å²) in [6.07, 6.45) is 0.504. The molecule has 2 atom stereocenters. The van der Waals surface area contributed by atoms with Crippen molar-refractivity contribution in [1.82, 2.24) is 19.8 Å². The second kappa shape index (κ2) is 6.24. The Kier molecular flexibility index (Phi) is 4.03. The zero-order chi connectivity index (χ0) is 18.4. The molecule has 0 aliphatic carbocycles. The summed E-state index contributed by atoms with van der Waals surface area (Å²) in [4.78, 5) is 1.98. The molecule has 0 unspecified atom stereocenters. The van der Waals surface area contributed by atoms with Gasteiger partial charge < -0.3 is 10.6 Å². The van der Waals surface area contributed by atoms with Crippen molar-refractivity contribution >= 4 is 11.5 Å². The summed E-state index contributed by atoms with van der Waals surface area (Å²) in [7, 11) is 0. The van der Waals surface area contributed by atoms with Crippen LogP contribution in [0.2, 0.25) is 0 Å². The highest BCUT2D eigenvalue weighted by molar-refractivity contribution is 5.46. The van der Waals surface area contributed by atoms with E-state index in [0.717, 1.165) is 6.07 Å². The van der Waals surface area contributed by atoms with Crippen molar-refractivity contribution in [2.45, 2.75) is 25.3 Å². The molecular weight excluding hydrogens is 345 g/mol. The molecule has 1 aromatic carbocycles. The summed E-state index contributed by atoms with van der Waals surface area (Å²) >= 11 is 0. The molecular formula is C17H17F3N6. The number of benzene rings is 1. The van der Waals surface area contributed by atoms with Crippen molar-refractivity contribution in [3.8, 4) is 0 Å². The highest BCUT2D eigenvalue weighted by Gasteiger charge is 2.31. The topological polar surface area (TPSA) is 72.3 Å². The summed E-state index contributed by atoms with van der Waals surface area (Å²) in [5, 5.41) is 12.5. The van der Waals surface area contributed by atoms with Gasteiger partial charge in [0.15, 0.2) is 23.1 Å². The Bertz CT molecular complexity index is 973. The minimum absolute atomic E-state index is 0.120. The van der Waals surface area contributed by atoms with Gasteiger partial charge >= 0.3 is 0 Å². The maximum atomic E-state index is 14.1. The molecule has 2 N–H and O–H groups in total.